The summed E-state index contributed by atoms with van der Waals surface area (Å²) in [5, 5.41) is 0.321. The standard InChI is InChI=1S/C7H7ClF2N2/c8-5-3-12-6(7(9)10)1-4(5)2-11/h1,3,7H,2,11H2. The second-order valence-electron chi connectivity index (χ2n) is 2.21. The lowest BCUT2D eigenvalue weighted by Gasteiger charge is -2.03. The van der Waals surface area contributed by atoms with Crippen molar-refractivity contribution >= 4 is 11.6 Å². The van der Waals surface area contributed by atoms with Crippen LogP contribution < -0.4 is 5.73 Å². The quantitative estimate of drug-likeness (QED) is 0.780. The summed E-state index contributed by atoms with van der Waals surface area (Å²) in [6.45, 7) is 0.140. The monoisotopic (exact) mass is 192 g/mol. The van der Waals surface area contributed by atoms with Crippen molar-refractivity contribution in [3.63, 3.8) is 0 Å². The molecule has 0 atom stereocenters. The van der Waals surface area contributed by atoms with Gasteiger partial charge in [0.25, 0.3) is 6.43 Å². The van der Waals surface area contributed by atoms with Crippen molar-refractivity contribution in [3.8, 4) is 0 Å². The molecule has 66 valence electrons. The second-order valence-corrected chi connectivity index (χ2v) is 2.61. The fraction of sp³-hybridized carbons (Fsp3) is 0.286. The van der Waals surface area contributed by atoms with Gasteiger partial charge in [0.15, 0.2) is 0 Å². The van der Waals surface area contributed by atoms with Crippen LogP contribution in [0.5, 0.6) is 0 Å². The molecule has 0 aromatic carbocycles. The minimum atomic E-state index is -2.58. The molecule has 2 N–H and O–H groups in total. The average molecular weight is 193 g/mol. The van der Waals surface area contributed by atoms with E-state index in [-0.39, 0.29) is 12.2 Å². The summed E-state index contributed by atoms with van der Waals surface area (Å²) in [6.07, 6.45) is -1.39. The van der Waals surface area contributed by atoms with E-state index in [1.54, 1.807) is 0 Å². The third kappa shape index (κ3) is 1.89. The summed E-state index contributed by atoms with van der Waals surface area (Å²) in [5.41, 5.74) is 5.46. The third-order valence-electron chi connectivity index (χ3n) is 1.40. The molecular formula is C7H7ClF2N2. The van der Waals surface area contributed by atoms with E-state index < -0.39 is 6.43 Å². The number of halogens is 3. The molecule has 0 unspecified atom stereocenters. The summed E-state index contributed by atoms with van der Waals surface area (Å²) < 4.78 is 24.1. The molecule has 0 radical (unpaired) electrons. The van der Waals surface area contributed by atoms with Gasteiger partial charge in [0.2, 0.25) is 0 Å². The van der Waals surface area contributed by atoms with Gasteiger partial charge in [-0.1, -0.05) is 11.6 Å². The zero-order valence-corrected chi connectivity index (χ0v) is 6.85. The number of hydrogen-bond donors (Lipinski definition) is 1. The molecule has 0 aliphatic heterocycles. The van der Waals surface area contributed by atoms with E-state index in [1.807, 2.05) is 0 Å². The summed E-state index contributed by atoms with van der Waals surface area (Å²) in [7, 11) is 0. The molecule has 2 nitrogen and oxygen atoms in total. The second kappa shape index (κ2) is 3.78. The van der Waals surface area contributed by atoms with E-state index in [9.17, 15) is 8.78 Å². The van der Waals surface area contributed by atoms with E-state index in [0.29, 0.717) is 10.6 Å². The Morgan fingerprint density at radius 1 is 1.58 bits per heavy atom. The molecular weight excluding hydrogens is 186 g/mol. The Bertz CT molecular complexity index is 278. The number of nitrogens with two attached hydrogens (primary N) is 1. The molecule has 0 aliphatic rings. The molecule has 0 aliphatic carbocycles. The third-order valence-corrected chi connectivity index (χ3v) is 1.74. The molecule has 0 fully saturated rings. The van der Waals surface area contributed by atoms with Crippen LogP contribution in [0.25, 0.3) is 0 Å². The van der Waals surface area contributed by atoms with Crippen molar-refractivity contribution in [2.75, 3.05) is 0 Å². The lowest BCUT2D eigenvalue weighted by molar-refractivity contribution is 0.146. The zero-order chi connectivity index (χ0) is 9.14. The molecule has 1 rings (SSSR count). The van der Waals surface area contributed by atoms with Gasteiger partial charge >= 0.3 is 0 Å². The fourth-order valence-electron chi connectivity index (χ4n) is 0.775. The summed E-state index contributed by atoms with van der Waals surface area (Å²) in [4.78, 5) is 3.45. The number of hydrogen-bond acceptors (Lipinski definition) is 2. The highest BCUT2D eigenvalue weighted by molar-refractivity contribution is 6.31. The molecule has 0 amide bonds. The zero-order valence-electron chi connectivity index (χ0n) is 6.10. The van der Waals surface area contributed by atoms with Crippen molar-refractivity contribution in [1.29, 1.82) is 0 Å². The van der Waals surface area contributed by atoms with Gasteiger partial charge in [0, 0.05) is 12.7 Å². The van der Waals surface area contributed by atoms with Crippen LogP contribution in [-0.4, -0.2) is 4.98 Å². The van der Waals surface area contributed by atoms with Gasteiger partial charge in [-0.2, -0.15) is 0 Å². The average Bonchev–Trinajstić information content (AvgIpc) is 2.05. The maximum Gasteiger partial charge on any atom is 0.280 e. The van der Waals surface area contributed by atoms with Gasteiger partial charge in [-0.05, 0) is 11.6 Å². The number of pyridine rings is 1. The van der Waals surface area contributed by atoms with Crippen LogP contribution in [-0.2, 0) is 6.54 Å². The van der Waals surface area contributed by atoms with Gasteiger partial charge in [0.1, 0.15) is 5.69 Å². The Morgan fingerprint density at radius 2 is 2.25 bits per heavy atom. The number of nitrogens with zero attached hydrogens (tertiary/aromatic N) is 1. The van der Waals surface area contributed by atoms with Crippen LogP contribution >= 0.6 is 11.6 Å². The van der Waals surface area contributed by atoms with Crippen LogP contribution in [0.3, 0.4) is 0 Å². The van der Waals surface area contributed by atoms with Crippen LogP contribution in [0.1, 0.15) is 17.7 Å². The summed E-state index contributed by atoms with van der Waals surface area (Å²) >= 11 is 5.61. The highest BCUT2D eigenvalue weighted by Gasteiger charge is 2.10. The van der Waals surface area contributed by atoms with Crippen molar-refractivity contribution in [1.82, 2.24) is 4.98 Å². The highest BCUT2D eigenvalue weighted by atomic mass is 35.5. The first-order valence-electron chi connectivity index (χ1n) is 3.27. The molecule has 0 bridgehead atoms. The van der Waals surface area contributed by atoms with Crippen LogP contribution in [0.15, 0.2) is 12.3 Å². The maximum atomic E-state index is 12.1. The lowest BCUT2D eigenvalue weighted by atomic mass is 10.2. The molecule has 1 aromatic rings. The molecule has 0 saturated heterocycles. The van der Waals surface area contributed by atoms with Crippen LogP contribution in [0.4, 0.5) is 8.78 Å². The molecule has 5 heteroatoms. The van der Waals surface area contributed by atoms with Gasteiger partial charge in [-0.25, -0.2) is 8.78 Å². The van der Waals surface area contributed by atoms with Crippen molar-refractivity contribution in [2.24, 2.45) is 5.73 Å². The first-order chi connectivity index (χ1) is 5.65. The molecule has 12 heavy (non-hydrogen) atoms. The minimum Gasteiger partial charge on any atom is -0.326 e. The Balaban J connectivity index is 3.05. The van der Waals surface area contributed by atoms with Gasteiger partial charge in [-0.15, -0.1) is 0 Å². The smallest absolute Gasteiger partial charge is 0.280 e. The van der Waals surface area contributed by atoms with Gasteiger partial charge in [0.05, 0.1) is 5.02 Å². The molecule has 1 heterocycles. The fourth-order valence-corrected chi connectivity index (χ4v) is 0.955. The Morgan fingerprint density at radius 3 is 2.75 bits per heavy atom. The Hall–Kier alpha value is -0.740. The number of aromatic nitrogens is 1. The molecule has 1 aromatic heterocycles. The largest absolute Gasteiger partial charge is 0.326 e. The SMILES string of the molecule is NCc1cc(C(F)F)ncc1Cl. The summed E-state index contributed by atoms with van der Waals surface area (Å²) in [5.74, 6) is 0. The number of alkyl halides is 2. The predicted octanol–water partition coefficient (Wildman–Crippen LogP) is 2.13. The van der Waals surface area contributed by atoms with E-state index in [0.717, 1.165) is 0 Å². The normalized spacial score (nSPS) is 10.8. The van der Waals surface area contributed by atoms with Crippen LogP contribution in [0.2, 0.25) is 5.02 Å². The van der Waals surface area contributed by atoms with E-state index in [2.05, 4.69) is 4.98 Å². The molecule has 0 spiro atoms. The van der Waals surface area contributed by atoms with Gasteiger partial charge < -0.3 is 5.73 Å². The lowest BCUT2D eigenvalue weighted by Crippen LogP contribution is -2.00. The topological polar surface area (TPSA) is 38.9 Å². The first-order valence-corrected chi connectivity index (χ1v) is 3.65. The van der Waals surface area contributed by atoms with Crippen molar-refractivity contribution < 1.29 is 8.78 Å². The Labute approximate surface area is 73.4 Å². The maximum absolute atomic E-state index is 12.1. The van der Waals surface area contributed by atoms with E-state index in [1.165, 1.54) is 12.3 Å². The Kier molecular flexibility index (Phi) is 2.94. The van der Waals surface area contributed by atoms with E-state index in [4.69, 9.17) is 17.3 Å². The molecule has 0 saturated carbocycles. The van der Waals surface area contributed by atoms with Crippen molar-refractivity contribution in [2.45, 2.75) is 13.0 Å². The number of rotatable bonds is 2. The van der Waals surface area contributed by atoms with Crippen molar-refractivity contribution in [3.05, 3.63) is 28.5 Å². The van der Waals surface area contributed by atoms with Gasteiger partial charge in [-0.3, -0.25) is 4.98 Å². The minimum absolute atomic E-state index is 0.140. The first kappa shape index (κ1) is 9.35. The summed E-state index contributed by atoms with van der Waals surface area (Å²) in [6, 6.07) is 1.22. The predicted molar refractivity (Wildman–Crippen MR) is 42.1 cm³/mol. The van der Waals surface area contributed by atoms with E-state index >= 15 is 0 Å². The highest BCUT2D eigenvalue weighted by Crippen LogP contribution is 2.21. The van der Waals surface area contributed by atoms with Crippen LogP contribution in [0, 0.1) is 0 Å².